The molecule has 3 rings (SSSR count). The predicted molar refractivity (Wildman–Crippen MR) is 122 cm³/mol. The van der Waals surface area contributed by atoms with E-state index >= 15 is 0 Å². The smallest absolute Gasteiger partial charge is 0.0681 e. The Kier molecular flexibility index (Phi) is 14.1. The van der Waals surface area contributed by atoms with Gasteiger partial charge in [-0.3, -0.25) is 0 Å². The maximum absolute atomic E-state index is 8.54. The Labute approximate surface area is 214 Å². The van der Waals surface area contributed by atoms with E-state index in [9.17, 15) is 0 Å². The summed E-state index contributed by atoms with van der Waals surface area (Å²) in [7, 11) is 0. The van der Waals surface area contributed by atoms with Crippen molar-refractivity contribution in [3.8, 4) is 0 Å². The van der Waals surface area contributed by atoms with E-state index in [1.807, 2.05) is 30.3 Å². The van der Waals surface area contributed by atoms with E-state index in [1.54, 1.807) is 0 Å². The number of rotatable bonds is 1. The van der Waals surface area contributed by atoms with Gasteiger partial charge < -0.3 is 5.11 Å². The summed E-state index contributed by atoms with van der Waals surface area (Å²) in [6.07, 6.45) is 0. The zero-order valence-corrected chi connectivity index (χ0v) is 22.6. The van der Waals surface area contributed by atoms with Crippen molar-refractivity contribution in [2.45, 2.75) is 75.8 Å². The van der Waals surface area contributed by atoms with E-state index in [2.05, 4.69) is 69.2 Å². The van der Waals surface area contributed by atoms with Crippen LogP contribution in [-0.4, -0.2) is 5.11 Å². The summed E-state index contributed by atoms with van der Waals surface area (Å²) >= 11 is 0. The quantitative estimate of drug-likeness (QED) is 0.411. The van der Waals surface area contributed by atoms with E-state index < -0.39 is 0 Å². The third-order valence-corrected chi connectivity index (χ3v) is 6.65. The van der Waals surface area contributed by atoms with Crippen LogP contribution in [-0.2, 0) is 6.61 Å². The second-order valence-electron chi connectivity index (χ2n) is 7.89. The van der Waals surface area contributed by atoms with Gasteiger partial charge in [-0.25, -0.2) is 0 Å². The van der Waals surface area contributed by atoms with Crippen molar-refractivity contribution in [1.29, 1.82) is 0 Å². The van der Waals surface area contributed by atoms with Crippen LogP contribution in [0.25, 0.3) is 0 Å². The van der Waals surface area contributed by atoms with Gasteiger partial charge in [0.25, 0.3) is 0 Å². The summed E-state index contributed by atoms with van der Waals surface area (Å²) in [6.45, 7) is 22.1. The van der Waals surface area contributed by atoms with Gasteiger partial charge in [-0.1, -0.05) is 99.6 Å². The summed E-state index contributed by atoms with van der Waals surface area (Å²) in [5.74, 6) is 14.7. The van der Waals surface area contributed by atoms with Crippen LogP contribution in [0, 0.1) is 99.6 Å². The van der Waals surface area contributed by atoms with Crippen molar-refractivity contribution >= 4 is 0 Å². The van der Waals surface area contributed by atoms with Crippen LogP contribution in [0.5, 0.6) is 0 Å². The number of hydrogen-bond donors (Lipinski definition) is 1. The zero-order chi connectivity index (χ0) is 21.6. The number of aliphatic hydroxyl groups excluding tert-OH is 1. The molecule has 0 heterocycles. The fraction of sp³-hybridized carbons (Fsp3) is 0.407. The fourth-order valence-corrected chi connectivity index (χ4v) is 3.40. The molecule has 158 valence electrons. The summed E-state index contributed by atoms with van der Waals surface area (Å²) in [5, 5.41) is 8.54. The summed E-state index contributed by atoms with van der Waals surface area (Å²) in [4.78, 5) is 0. The van der Waals surface area contributed by atoms with Crippen LogP contribution in [0.3, 0.4) is 0 Å². The minimum absolute atomic E-state index is 0. The van der Waals surface area contributed by atoms with Crippen LogP contribution in [0.2, 0.25) is 0 Å². The van der Waals surface area contributed by atoms with Crippen molar-refractivity contribution in [1.82, 2.24) is 0 Å². The Balaban J connectivity index is 0.000000401. The molecule has 2 aliphatic rings. The second kappa shape index (κ2) is 13.8. The number of hydrogen-bond acceptors (Lipinski definition) is 1. The van der Waals surface area contributed by atoms with Gasteiger partial charge in [-0.2, -0.15) is 0 Å². The molecule has 0 atom stereocenters. The second-order valence-corrected chi connectivity index (χ2v) is 7.89. The molecule has 2 saturated carbocycles. The summed E-state index contributed by atoms with van der Waals surface area (Å²) in [6, 6.07) is 9.52. The van der Waals surface area contributed by atoms with Gasteiger partial charge >= 0.3 is 0 Å². The van der Waals surface area contributed by atoms with Crippen LogP contribution >= 0.6 is 0 Å². The molecule has 0 bridgehead atoms. The molecule has 0 unspecified atom stereocenters. The average Bonchev–Trinajstić information content (AvgIpc) is 2.99. The largest absolute Gasteiger partial charge is 0.392 e. The van der Waals surface area contributed by atoms with Gasteiger partial charge in [-0.15, -0.1) is 0 Å². The van der Waals surface area contributed by atoms with Crippen molar-refractivity contribution in [2.24, 2.45) is 0 Å². The molecule has 2 fully saturated rings. The predicted octanol–water partition coefficient (Wildman–Crippen LogP) is 7.12. The minimum atomic E-state index is 0. The number of aliphatic hydroxyl groups is 1. The van der Waals surface area contributed by atoms with Gasteiger partial charge in [0.15, 0.2) is 0 Å². The van der Waals surface area contributed by atoms with E-state index in [0.29, 0.717) is 0 Å². The summed E-state index contributed by atoms with van der Waals surface area (Å²) < 4.78 is 0. The maximum Gasteiger partial charge on any atom is 0.0681 e. The van der Waals surface area contributed by atoms with Gasteiger partial charge in [-0.05, 0) is 64.7 Å². The average molecular weight is 529 g/mol. The molecule has 0 aromatic heterocycles. The molecule has 1 nitrogen and oxygen atoms in total. The van der Waals surface area contributed by atoms with Gasteiger partial charge in [0.2, 0.25) is 0 Å². The normalized spacial score (nSPS) is 22.2. The third kappa shape index (κ3) is 7.86. The Hall–Kier alpha value is 0.518. The van der Waals surface area contributed by atoms with Crippen molar-refractivity contribution in [3.63, 3.8) is 0 Å². The Morgan fingerprint density at radius 2 is 0.655 bits per heavy atom. The van der Waals surface area contributed by atoms with E-state index in [0.717, 1.165) is 5.56 Å². The number of benzene rings is 1. The molecule has 1 N–H and O–H groups in total. The molecular formula is C27H38OSm. The van der Waals surface area contributed by atoms with Gasteiger partial charge in [0, 0.05) is 40.4 Å². The third-order valence-electron chi connectivity index (χ3n) is 6.65. The summed E-state index contributed by atoms with van der Waals surface area (Å²) in [5.41, 5.74) is 0.965. The maximum atomic E-state index is 8.54. The zero-order valence-electron chi connectivity index (χ0n) is 19.9. The van der Waals surface area contributed by atoms with Crippen LogP contribution in [0.1, 0.15) is 74.8 Å². The first kappa shape index (κ1) is 29.5. The van der Waals surface area contributed by atoms with Crippen LogP contribution in [0.4, 0.5) is 0 Å². The molecule has 29 heavy (non-hydrogen) atoms. The topological polar surface area (TPSA) is 20.2 Å². The molecule has 1 aromatic rings. The molecule has 0 aliphatic heterocycles. The standard InChI is InChI=1S/2C10H15.C7H8O.Sm/c2*1-6-7(2)9(4)10(5)8(6)3;8-6-7-4-2-1-3-5-7;/h2*1-5H3;1-5,8H,6H2;. The van der Waals surface area contributed by atoms with Crippen molar-refractivity contribution in [3.05, 3.63) is 95.1 Å². The Morgan fingerprint density at radius 3 is 0.793 bits per heavy atom. The first-order valence-corrected chi connectivity index (χ1v) is 10.1. The first-order valence-electron chi connectivity index (χ1n) is 10.1. The van der Waals surface area contributed by atoms with Gasteiger partial charge in [0.1, 0.15) is 0 Å². The van der Waals surface area contributed by atoms with Crippen molar-refractivity contribution < 1.29 is 45.5 Å². The Bertz CT molecular complexity index is 425. The van der Waals surface area contributed by atoms with E-state index in [4.69, 9.17) is 5.11 Å². The molecule has 2 heteroatoms. The van der Waals surface area contributed by atoms with Crippen LogP contribution < -0.4 is 0 Å². The molecular weight excluding hydrogens is 491 g/mol. The molecule has 0 spiro atoms. The monoisotopic (exact) mass is 530 g/mol. The van der Waals surface area contributed by atoms with E-state index in [1.165, 1.54) is 59.2 Å². The van der Waals surface area contributed by atoms with E-state index in [-0.39, 0.29) is 47.0 Å². The Morgan fingerprint density at radius 1 is 0.448 bits per heavy atom. The molecule has 2 aliphatic carbocycles. The fourth-order valence-electron chi connectivity index (χ4n) is 3.40. The van der Waals surface area contributed by atoms with Crippen molar-refractivity contribution in [2.75, 3.05) is 0 Å². The first-order chi connectivity index (χ1) is 13.0. The molecule has 1 aromatic carbocycles. The van der Waals surface area contributed by atoms with Gasteiger partial charge in [0.05, 0.1) is 6.61 Å². The molecule has 10 radical (unpaired) electrons. The molecule has 0 amide bonds. The van der Waals surface area contributed by atoms with Crippen LogP contribution in [0.15, 0.2) is 30.3 Å². The molecule has 0 saturated heterocycles. The SMILES string of the molecule is C[C]1[C](C)[C](C)[C](C)[C]1C.C[C]1[C](C)[C](C)[C](C)[C]1C.OCc1ccccc1.[Sm]. The minimum Gasteiger partial charge on any atom is -0.392 e.